The topological polar surface area (TPSA) is 36.3 Å². The van der Waals surface area contributed by atoms with Crippen LogP contribution in [-0.4, -0.2) is 23.0 Å². The fourth-order valence-electron chi connectivity index (χ4n) is 2.39. The van der Waals surface area contributed by atoms with Crippen LogP contribution in [0.4, 0.5) is 0 Å². The lowest BCUT2D eigenvalue weighted by atomic mass is 10.0. The summed E-state index contributed by atoms with van der Waals surface area (Å²) in [5, 5.41) is 4.57. The number of ether oxygens (including phenoxy) is 2. The van der Waals surface area contributed by atoms with Crippen LogP contribution in [0.15, 0.2) is 18.2 Å². The first-order valence-corrected chi connectivity index (χ1v) is 6.80. The van der Waals surface area contributed by atoms with Crippen LogP contribution >= 0.6 is 0 Å². The molecule has 0 radical (unpaired) electrons. The van der Waals surface area contributed by atoms with Crippen molar-refractivity contribution < 1.29 is 9.47 Å². The Hall–Kier alpha value is -1.97. The summed E-state index contributed by atoms with van der Waals surface area (Å²) in [6.07, 6.45) is 0.126. The van der Waals surface area contributed by atoms with E-state index in [0.29, 0.717) is 0 Å². The van der Waals surface area contributed by atoms with Crippen molar-refractivity contribution in [2.75, 3.05) is 7.11 Å². The van der Waals surface area contributed by atoms with Crippen molar-refractivity contribution >= 4 is 0 Å². The number of aromatic nitrogens is 2. The Bertz CT molecular complexity index is 615. The summed E-state index contributed by atoms with van der Waals surface area (Å²) in [5.41, 5.74) is 4.05. The summed E-state index contributed by atoms with van der Waals surface area (Å²) < 4.78 is 13.1. The van der Waals surface area contributed by atoms with Crippen molar-refractivity contribution in [3.8, 4) is 22.9 Å². The van der Waals surface area contributed by atoms with E-state index in [1.54, 1.807) is 11.8 Å². The molecule has 0 spiro atoms. The molecular weight excluding hydrogens is 252 g/mol. The zero-order valence-corrected chi connectivity index (χ0v) is 13.0. The first-order valence-electron chi connectivity index (χ1n) is 6.80. The third-order valence-electron chi connectivity index (χ3n) is 3.23. The molecule has 20 heavy (non-hydrogen) atoms. The number of rotatable bonds is 4. The van der Waals surface area contributed by atoms with Gasteiger partial charge < -0.3 is 9.47 Å². The van der Waals surface area contributed by atoms with E-state index in [2.05, 4.69) is 18.1 Å². The molecule has 0 saturated carbocycles. The maximum atomic E-state index is 5.98. The SMILES string of the molecule is COc1c(C)c(-c2cccc(C)c2OC(C)C)nn1C. The number of benzene rings is 1. The van der Waals surface area contributed by atoms with Gasteiger partial charge in [0.25, 0.3) is 0 Å². The second-order valence-corrected chi connectivity index (χ2v) is 5.22. The predicted octanol–water partition coefficient (Wildman–Crippen LogP) is 3.50. The van der Waals surface area contributed by atoms with Gasteiger partial charge in [-0.3, -0.25) is 0 Å². The van der Waals surface area contributed by atoms with E-state index in [-0.39, 0.29) is 6.10 Å². The summed E-state index contributed by atoms with van der Waals surface area (Å²) in [6.45, 7) is 8.13. The van der Waals surface area contributed by atoms with E-state index >= 15 is 0 Å². The molecule has 0 bridgehead atoms. The Morgan fingerprint density at radius 2 is 1.90 bits per heavy atom. The summed E-state index contributed by atoms with van der Waals surface area (Å²) >= 11 is 0. The van der Waals surface area contributed by atoms with Crippen LogP contribution in [0.1, 0.15) is 25.0 Å². The molecule has 108 valence electrons. The van der Waals surface area contributed by atoms with Gasteiger partial charge in [-0.15, -0.1) is 0 Å². The zero-order chi connectivity index (χ0) is 14.9. The average molecular weight is 274 g/mol. The number of methoxy groups -OCH3 is 1. The molecule has 0 aliphatic heterocycles. The van der Waals surface area contributed by atoms with Gasteiger partial charge in [-0.1, -0.05) is 12.1 Å². The quantitative estimate of drug-likeness (QED) is 0.856. The lowest BCUT2D eigenvalue weighted by Crippen LogP contribution is -2.08. The largest absolute Gasteiger partial charge is 0.490 e. The molecule has 0 atom stereocenters. The first-order chi connectivity index (χ1) is 9.45. The molecule has 0 N–H and O–H groups in total. The van der Waals surface area contributed by atoms with Crippen molar-refractivity contribution in [2.24, 2.45) is 7.05 Å². The summed E-state index contributed by atoms with van der Waals surface area (Å²) in [6, 6.07) is 6.12. The van der Waals surface area contributed by atoms with E-state index in [9.17, 15) is 0 Å². The number of hydrogen-bond acceptors (Lipinski definition) is 3. The number of para-hydroxylation sites is 1. The van der Waals surface area contributed by atoms with Crippen LogP contribution < -0.4 is 9.47 Å². The monoisotopic (exact) mass is 274 g/mol. The maximum absolute atomic E-state index is 5.98. The third kappa shape index (κ3) is 2.50. The van der Waals surface area contributed by atoms with Crippen LogP contribution in [0, 0.1) is 13.8 Å². The Kier molecular flexibility index (Phi) is 4.02. The molecular formula is C16H22N2O2. The highest BCUT2D eigenvalue weighted by atomic mass is 16.5. The second kappa shape index (κ2) is 5.57. The van der Waals surface area contributed by atoms with E-state index in [0.717, 1.165) is 34.0 Å². The molecule has 0 amide bonds. The van der Waals surface area contributed by atoms with Crippen molar-refractivity contribution in [1.29, 1.82) is 0 Å². The Morgan fingerprint density at radius 3 is 2.45 bits per heavy atom. The molecule has 0 aliphatic rings. The van der Waals surface area contributed by atoms with Gasteiger partial charge in [0.1, 0.15) is 11.4 Å². The maximum Gasteiger partial charge on any atom is 0.214 e. The Morgan fingerprint density at radius 1 is 1.20 bits per heavy atom. The van der Waals surface area contributed by atoms with Gasteiger partial charge in [0.2, 0.25) is 5.88 Å². The van der Waals surface area contributed by atoms with Crippen molar-refractivity contribution in [1.82, 2.24) is 9.78 Å². The normalized spacial score (nSPS) is 10.9. The van der Waals surface area contributed by atoms with Gasteiger partial charge >= 0.3 is 0 Å². The third-order valence-corrected chi connectivity index (χ3v) is 3.23. The Balaban J connectivity index is 2.61. The molecule has 4 heteroatoms. The van der Waals surface area contributed by atoms with Crippen LogP contribution in [0.5, 0.6) is 11.6 Å². The zero-order valence-electron chi connectivity index (χ0n) is 13.0. The number of hydrogen-bond donors (Lipinski definition) is 0. The lowest BCUT2D eigenvalue weighted by molar-refractivity contribution is 0.242. The standard InChI is InChI=1S/C16H22N2O2/c1-10(2)20-15-11(3)8-7-9-13(15)14-12(4)16(19-6)18(5)17-14/h7-10H,1-6H3. The van der Waals surface area contributed by atoms with E-state index in [1.807, 2.05) is 40.0 Å². The second-order valence-electron chi connectivity index (χ2n) is 5.22. The van der Waals surface area contributed by atoms with E-state index < -0.39 is 0 Å². The summed E-state index contributed by atoms with van der Waals surface area (Å²) in [7, 11) is 3.55. The van der Waals surface area contributed by atoms with Gasteiger partial charge in [-0.2, -0.15) is 5.10 Å². The van der Waals surface area contributed by atoms with Crippen molar-refractivity contribution in [3.63, 3.8) is 0 Å². The van der Waals surface area contributed by atoms with Crippen LogP contribution in [-0.2, 0) is 7.05 Å². The Labute approximate surface area is 120 Å². The average Bonchev–Trinajstić information content (AvgIpc) is 2.66. The van der Waals surface area contributed by atoms with Crippen LogP contribution in [0.2, 0.25) is 0 Å². The molecule has 4 nitrogen and oxygen atoms in total. The molecule has 1 heterocycles. The fourth-order valence-corrected chi connectivity index (χ4v) is 2.39. The molecule has 0 fully saturated rings. The smallest absolute Gasteiger partial charge is 0.214 e. The minimum atomic E-state index is 0.126. The number of aryl methyl sites for hydroxylation is 2. The van der Waals surface area contributed by atoms with Gasteiger partial charge in [0.05, 0.1) is 13.2 Å². The molecule has 0 aliphatic carbocycles. The summed E-state index contributed by atoms with van der Waals surface area (Å²) in [4.78, 5) is 0. The van der Waals surface area contributed by atoms with E-state index in [4.69, 9.17) is 9.47 Å². The molecule has 0 unspecified atom stereocenters. The molecule has 0 saturated heterocycles. The van der Waals surface area contributed by atoms with E-state index in [1.165, 1.54) is 0 Å². The number of nitrogens with zero attached hydrogens (tertiary/aromatic N) is 2. The van der Waals surface area contributed by atoms with Crippen LogP contribution in [0.3, 0.4) is 0 Å². The molecule has 1 aromatic heterocycles. The highest BCUT2D eigenvalue weighted by molar-refractivity contribution is 5.73. The predicted molar refractivity (Wildman–Crippen MR) is 80.4 cm³/mol. The van der Waals surface area contributed by atoms with Crippen molar-refractivity contribution in [2.45, 2.75) is 33.8 Å². The minimum Gasteiger partial charge on any atom is -0.490 e. The van der Waals surface area contributed by atoms with Crippen molar-refractivity contribution in [3.05, 3.63) is 29.3 Å². The molecule has 1 aromatic carbocycles. The lowest BCUT2D eigenvalue weighted by Gasteiger charge is -2.16. The van der Waals surface area contributed by atoms with Gasteiger partial charge in [-0.05, 0) is 39.3 Å². The minimum absolute atomic E-state index is 0.126. The molecule has 2 aromatic rings. The first kappa shape index (κ1) is 14.4. The fraction of sp³-hybridized carbons (Fsp3) is 0.438. The van der Waals surface area contributed by atoms with Gasteiger partial charge in [0, 0.05) is 18.2 Å². The highest BCUT2D eigenvalue weighted by Crippen LogP contribution is 2.37. The molecule has 2 rings (SSSR count). The van der Waals surface area contributed by atoms with Gasteiger partial charge in [-0.25, -0.2) is 4.68 Å². The highest BCUT2D eigenvalue weighted by Gasteiger charge is 2.19. The van der Waals surface area contributed by atoms with Gasteiger partial charge in [0.15, 0.2) is 0 Å². The van der Waals surface area contributed by atoms with Crippen LogP contribution in [0.25, 0.3) is 11.3 Å². The summed E-state index contributed by atoms with van der Waals surface area (Å²) in [5.74, 6) is 1.67.